The van der Waals surface area contributed by atoms with Crippen LogP contribution in [-0.2, 0) is 4.74 Å². The van der Waals surface area contributed by atoms with Crippen LogP contribution in [-0.4, -0.2) is 39.0 Å². The van der Waals surface area contributed by atoms with E-state index in [0.717, 1.165) is 37.6 Å². The number of morpholine rings is 1. The summed E-state index contributed by atoms with van der Waals surface area (Å²) in [6, 6.07) is 7.04. The van der Waals surface area contributed by atoms with Gasteiger partial charge in [0.15, 0.2) is 0 Å². The van der Waals surface area contributed by atoms with Gasteiger partial charge in [0, 0.05) is 18.6 Å². The molecule has 19 heavy (non-hydrogen) atoms. The summed E-state index contributed by atoms with van der Waals surface area (Å²) in [6.07, 6.45) is 1.04. The minimum Gasteiger partial charge on any atom is -0.495 e. The zero-order valence-corrected chi connectivity index (χ0v) is 12.0. The summed E-state index contributed by atoms with van der Waals surface area (Å²) in [5, 5.41) is 6.99. The highest BCUT2D eigenvalue weighted by molar-refractivity contribution is 5.58. The lowest BCUT2D eigenvalue weighted by Gasteiger charge is -2.27. The number of nitrogens with one attached hydrogen (secondary N) is 2. The Kier molecular flexibility index (Phi) is 5.05. The maximum Gasteiger partial charge on any atom is 0.142 e. The van der Waals surface area contributed by atoms with Gasteiger partial charge in [0.2, 0.25) is 0 Å². The van der Waals surface area contributed by atoms with E-state index in [-0.39, 0.29) is 0 Å². The molecule has 1 aromatic carbocycles. The van der Waals surface area contributed by atoms with E-state index in [2.05, 4.69) is 42.7 Å². The summed E-state index contributed by atoms with van der Waals surface area (Å²) in [6.45, 7) is 6.83. The second-order valence-corrected chi connectivity index (χ2v) is 5.21. The van der Waals surface area contributed by atoms with E-state index in [9.17, 15) is 0 Å². The van der Waals surface area contributed by atoms with Crippen molar-refractivity contribution in [3.63, 3.8) is 0 Å². The lowest BCUT2D eigenvalue weighted by Crippen LogP contribution is -2.43. The Balaban J connectivity index is 1.92. The van der Waals surface area contributed by atoms with E-state index in [1.165, 1.54) is 5.56 Å². The Morgan fingerprint density at radius 2 is 2.37 bits per heavy atom. The Labute approximate surface area is 115 Å². The molecule has 0 spiro atoms. The normalized spacial score (nSPS) is 20.9. The van der Waals surface area contributed by atoms with Crippen molar-refractivity contribution in [3.05, 3.63) is 23.8 Å². The van der Waals surface area contributed by atoms with E-state index in [1.807, 2.05) is 0 Å². The number of benzene rings is 1. The standard InChI is InChI=1S/C15H24N2O2/c1-11-4-5-14(15(8-11)18-3)17-12(2)9-13-10-19-7-6-16-13/h4-5,8,12-13,16-17H,6-7,9-10H2,1-3H3. The van der Waals surface area contributed by atoms with Gasteiger partial charge in [-0.3, -0.25) is 0 Å². The van der Waals surface area contributed by atoms with E-state index in [1.54, 1.807) is 7.11 Å². The Morgan fingerprint density at radius 1 is 1.53 bits per heavy atom. The van der Waals surface area contributed by atoms with Gasteiger partial charge in [-0.05, 0) is 38.0 Å². The molecule has 2 rings (SSSR count). The van der Waals surface area contributed by atoms with Crippen LogP contribution in [0.1, 0.15) is 18.9 Å². The van der Waals surface area contributed by atoms with Crippen LogP contribution in [0, 0.1) is 6.92 Å². The first-order chi connectivity index (χ1) is 9.19. The summed E-state index contributed by atoms with van der Waals surface area (Å²) in [5.74, 6) is 0.903. The van der Waals surface area contributed by atoms with Gasteiger partial charge >= 0.3 is 0 Å². The predicted octanol–water partition coefficient (Wildman–Crippen LogP) is 2.18. The molecule has 0 bridgehead atoms. The highest BCUT2D eigenvalue weighted by Crippen LogP contribution is 2.26. The number of ether oxygens (including phenoxy) is 2. The second kappa shape index (κ2) is 6.78. The molecular formula is C15H24N2O2. The van der Waals surface area contributed by atoms with E-state index in [0.29, 0.717) is 12.1 Å². The monoisotopic (exact) mass is 264 g/mol. The van der Waals surface area contributed by atoms with Crippen molar-refractivity contribution in [2.24, 2.45) is 0 Å². The first-order valence-electron chi connectivity index (χ1n) is 6.91. The van der Waals surface area contributed by atoms with Gasteiger partial charge in [-0.1, -0.05) is 6.07 Å². The fourth-order valence-corrected chi connectivity index (χ4v) is 2.44. The largest absolute Gasteiger partial charge is 0.495 e. The molecule has 1 aliphatic rings. The number of hydrogen-bond acceptors (Lipinski definition) is 4. The highest BCUT2D eigenvalue weighted by atomic mass is 16.5. The van der Waals surface area contributed by atoms with Gasteiger partial charge in [0.1, 0.15) is 5.75 Å². The molecule has 1 fully saturated rings. The Hall–Kier alpha value is -1.26. The summed E-state index contributed by atoms with van der Waals surface area (Å²) >= 11 is 0. The second-order valence-electron chi connectivity index (χ2n) is 5.21. The van der Waals surface area contributed by atoms with Gasteiger partial charge in [-0.2, -0.15) is 0 Å². The molecule has 0 saturated carbocycles. The lowest BCUT2D eigenvalue weighted by molar-refractivity contribution is 0.0731. The third-order valence-corrected chi connectivity index (χ3v) is 3.40. The van der Waals surface area contributed by atoms with Crippen molar-refractivity contribution in [3.8, 4) is 5.75 Å². The van der Waals surface area contributed by atoms with Crippen LogP contribution in [0.15, 0.2) is 18.2 Å². The maximum absolute atomic E-state index is 5.48. The van der Waals surface area contributed by atoms with Crippen LogP contribution in [0.5, 0.6) is 5.75 Å². The Bertz CT molecular complexity index is 403. The quantitative estimate of drug-likeness (QED) is 0.855. The molecular weight excluding hydrogens is 240 g/mol. The fraction of sp³-hybridized carbons (Fsp3) is 0.600. The third-order valence-electron chi connectivity index (χ3n) is 3.40. The minimum atomic E-state index is 0.371. The van der Waals surface area contributed by atoms with Gasteiger partial charge in [0.05, 0.1) is 26.0 Å². The molecule has 1 aliphatic heterocycles. The fourth-order valence-electron chi connectivity index (χ4n) is 2.44. The summed E-state index contributed by atoms with van der Waals surface area (Å²) < 4.78 is 10.9. The smallest absolute Gasteiger partial charge is 0.142 e. The van der Waals surface area contributed by atoms with Crippen molar-refractivity contribution in [1.29, 1.82) is 0 Å². The van der Waals surface area contributed by atoms with Crippen LogP contribution in [0.25, 0.3) is 0 Å². The molecule has 4 nitrogen and oxygen atoms in total. The van der Waals surface area contributed by atoms with Gasteiger partial charge < -0.3 is 20.1 Å². The molecule has 0 amide bonds. The van der Waals surface area contributed by atoms with Gasteiger partial charge in [-0.25, -0.2) is 0 Å². The maximum atomic E-state index is 5.48. The highest BCUT2D eigenvalue weighted by Gasteiger charge is 2.16. The van der Waals surface area contributed by atoms with Gasteiger partial charge in [0.25, 0.3) is 0 Å². The molecule has 2 atom stereocenters. The average molecular weight is 264 g/mol. The zero-order valence-electron chi connectivity index (χ0n) is 12.0. The van der Waals surface area contributed by atoms with Crippen LogP contribution in [0.4, 0.5) is 5.69 Å². The average Bonchev–Trinajstić information content (AvgIpc) is 2.42. The van der Waals surface area contributed by atoms with Crippen LogP contribution < -0.4 is 15.4 Å². The topological polar surface area (TPSA) is 42.5 Å². The number of hydrogen-bond donors (Lipinski definition) is 2. The third kappa shape index (κ3) is 4.11. The first kappa shape index (κ1) is 14.2. The zero-order chi connectivity index (χ0) is 13.7. The van der Waals surface area contributed by atoms with Crippen LogP contribution in [0.2, 0.25) is 0 Å². The number of anilines is 1. The minimum absolute atomic E-state index is 0.371. The summed E-state index contributed by atoms with van der Waals surface area (Å²) in [5.41, 5.74) is 2.26. The van der Waals surface area contributed by atoms with Gasteiger partial charge in [-0.15, -0.1) is 0 Å². The van der Waals surface area contributed by atoms with Crippen molar-refractivity contribution in [2.45, 2.75) is 32.4 Å². The van der Waals surface area contributed by atoms with Crippen molar-refractivity contribution >= 4 is 5.69 Å². The van der Waals surface area contributed by atoms with E-state index in [4.69, 9.17) is 9.47 Å². The van der Waals surface area contributed by atoms with Crippen molar-refractivity contribution < 1.29 is 9.47 Å². The SMILES string of the molecule is COc1cc(C)ccc1NC(C)CC1COCCN1. The summed E-state index contributed by atoms with van der Waals surface area (Å²) in [7, 11) is 1.71. The number of methoxy groups -OCH3 is 1. The molecule has 1 saturated heterocycles. The molecule has 4 heteroatoms. The molecule has 0 aliphatic carbocycles. The molecule has 1 aromatic rings. The number of rotatable bonds is 5. The van der Waals surface area contributed by atoms with Crippen molar-refractivity contribution in [1.82, 2.24) is 5.32 Å². The number of aryl methyl sites for hydroxylation is 1. The molecule has 0 aromatic heterocycles. The lowest BCUT2D eigenvalue weighted by atomic mass is 10.1. The summed E-state index contributed by atoms with van der Waals surface area (Å²) in [4.78, 5) is 0. The predicted molar refractivity (Wildman–Crippen MR) is 78.0 cm³/mol. The molecule has 106 valence electrons. The molecule has 2 N–H and O–H groups in total. The van der Waals surface area contributed by atoms with Crippen LogP contribution in [0.3, 0.4) is 0 Å². The van der Waals surface area contributed by atoms with E-state index < -0.39 is 0 Å². The van der Waals surface area contributed by atoms with Crippen molar-refractivity contribution in [2.75, 3.05) is 32.2 Å². The molecule has 0 radical (unpaired) electrons. The first-order valence-corrected chi connectivity index (χ1v) is 6.91. The van der Waals surface area contributed by atoms with Crippen LogP contribution >= 0.6 is 0 Å². The Morgan fingerprint density at radius 3 is 3.05 bits per heavy atom. The molecule has 1 heterocycles. The molecule has 2 unspecified atom stereocenters. The van der Waals surface area contributed by atoms with E-state index >= 15 is 0 Å².